The van der Waals surface area contributed by atoms with Crippen LogP contribution in [0.1, 0.15) is 22.5 Å². The fourth-order valence-corrected chi connectivity index (χ4v) is 2.88. The highest BCUT2D eigenvalue weighted by atomic mass is 16.1. The highest BCUT2D eigenvalue weighted by molar-refractivity contribution is 6.13. The third-order valence-corrected chi connectivity index (χ3v) is 3.73. The van der Waals surface area contributed by atoms with E-state index in [2.05, 4.69) is 5.10 Å². The maximum Gasteiger partial charge on any atom is 0.194 e. The molecule has 2 aromatic rings. The van der Waals surface area contributed by atoms with E-state index < -0.39 is 0 Å². The first-order chi connectivity index (χ1) is 10.1. The minimum Gasteiger partial charge on any atom is -0.383 e. The van der Waals surface area contributed by atoms with Crippen LogP contribution in [-0.2, 0) is 13.5 Å². The lowest BCUT2D eigenvalue weighted by Gasteiger charge is -2.16. The molecule has 1 aromatic carbocycles. The normalized spacial score (nSPS) is 16.1. The molecule has 0 aliphatic heterocycles. The molecular weight excluding hydrogens is 262 g/mol. The van der Waals surface area contributed by atoms with Crippen molar-refractivity contribution in [1.29, 1.82) is 0 Å². The Balaban J connectivity index is 2.15. The van der Waals surface area contributed by atoms with Crippen LogP contribution in [0, 0.1) is 0 Å². The number of rotatable bonds is 2. The van der Waals surface area contributed by atoms with Crippen LogP contribution >= 0.6 is 0 Å². The quantitative estimate of drug-likeness (QED) is 0.794. The summed E-state index contributed by atoms with van der Waals surface area (Å²) >= 11 is 0. The van der Waals surface area contributed by atoms with Crippen molar-refractivity contribution >= 4 is 5.78 Å². The van der Waals surface area contributed by atoms with Gasteiger partial charge in [-0.1, -0.05) is 30.3 Å². The van der Waals surface area contributed by atoms with Crippen LogP contribution in [0.5, 0.6) is 0 Å². The lowest BCUT2D eigenvalue weighted by Crippen LogP contribution is -2.16. The van der Waals surface area contributed by atoms with Crippen molar-refractivity contribution in [3.05, 3.63) is 53.4 Å². The summed E-state index contributed by atoms with van der Waals surface area (Å²) in [7, 11) is 5.79. The summed E-state index contributed by atoms with van der Waals surface area (Å²) in [6, 6.07) is 9.99. The number of ketones is 1. The van der Waals surface area contributed by atoms with Gasteiger partial charge in [0.25, 0.3) is 0 Å². The van der Waals surface area contributed by atoms with E-state index in [-0.39, 0.29) is 5.78 Å². The van der Waals surface area contributed by atoms with Crippen molar-refractivity contribution in [3.63, 3.8) is 0 Å². The van der Waals surface area contributed by atoms with Gasteiger partial charge in [-0.3, -0.25) is 9.48 Å². The Morgan fingerprint density at radius 1 is 1.19 bits per heavy atom. The third kappa shape index (κ3) is 2.37. The topological polar surface area (TPSA) is 38.1 Å². The molecule has 4 nitrogen and oxygen atoms in total. The molecular formula is C17H19N3O. The summed E-state index contributed by atoms with van der Waals surface area (Å²) in [4.78, 5) is 14.7. The molecule has 108 valence electrons. The number of carbonyl (C=O) groups excluding carboxylic acids is 1. The van der Waals surface area contributed by atoms with Gasteiger partial charge in [0.1, 0.15) is 0 Å². The average molecular weight is 281 g/mol. The van der Waals surface area contributed by atoms with E-state index in [4.69, 9.17) is 0 Å². The molecule has 0 bridgehead atoms. The monoisotopic (exact) mass is 281 g/mol. The number of nitrogens with zero attached hydrogens (tertiary/aromatic N) is 3. The molecule has 0 amide bonds. The fraction of sp³-hybridized carbons (Fsp3) is 0.294. The lowest BCUT2D eigenvalue weighted by atomic mass is 9.89. The second-order valence-corrected chi connectivity index (χ2v) is 5.61. The summed E-state index contributed by atoms with van der Waals surface area (Å²) < 4.78 is 1.83. The van der Waals surface area contributed by atoms with Gasteiger partial charge in [0.2, 0.25) is 0 Å². The van der Waals surface area contributed by atoms with Gasteiger partial charge < -0.3 is 4.90 Å². The molecule has 0 atom stereocenters. The van der Waals surface area contributed by atoms with Gasteiger partial charge in [-0.25, -0.2) is 0 Å². The second kappa shape index (κ2) is 5.20. The lowest BCUT2D eigenvalue weighted by molar-refractivity contribution is 0.102. The minimum absolute atomic E-state index is 0.108. The standard InChI is InChI=1S/C17H19N3O/c1-19(2)11-13-9-10-14-15(17(13)21)16(20(3)18-14)12-7-5-4-6-8-12/h4-8,11H,9-10H2,1-3H3/b13-11+. The average Bonchev–Trinajstić information content (AvgIpc) is 2.79. The molecule has 0 N–H and O–H groups in total. The predicted octanol–water partition coefficient (Wildman–Crippen LogP) is 2.66. The van der Waals surface area contributed by atoms with E-state index in [0.717, 1.165) is 40.9 Å². The Morgan fingerprint density at radius 3 is 2.57 bits per heavy atom. The van der Waals surface area contributed by atoms with Gasteiger partial charge in [0.15, 0.2) is 5.78 Å². The number of hydrogen-bond donors (Lipinski definition) is 0. The fourth-order valence-electron chi connectivity index (χ4n) is 2.88. The highest BCUT2D eigenvalue weighted by Crippen LogP contribution is 2.33. The molecule has 3 rings (SSSR count). The molecule has 0 saturated carbocycles. The summed E-state index contributed by atoms with van der Waals surface area (Å²) in [6.07, 6.45) is 3.50. The van der Waals surface area contributed by atoms with Crippen LogP contribution < -0.4 is 0 Å². The second-order valence-electron chi connectivity index (χ2n) is 5.61. The molecule has 1 heterocycles. The van der Waals surface area contributed by atoms with Gasteiger partial charge in [0.05, 0.1) is 17.0 Å². The molecule has 1 aromatic heterocycles. The van der Waals surface area contributed by atoms with Gasteiger partial charge >= 0.3 is 0 Å². The Bertz CT molecular complexity index is 711. The van der Waals surface area contributed by atoms with E-state index >= 15 is 0 Å². The summed E-state index contributed by atoms with van der Waals surface area (Å²) in [5.41, 5.74) is 4.49. The zero-order valence-corrected chi connectivity index (χ0v) is 12.6. The van der Waals surface area contributed by atoms with E-state index in [1.165, 1.54) is 0 Å². The Labute approximate surface area is 124 Å². The van der Waals surface area contributed by atoms with Gasteiger partial charge in [-0.15, -0.1) is 0 Å². The van der Waals surface area contributed by atoms with E-state index in [1.807, 2.05) is 67.3 Å². The number of aryl methyl sites for hydroxylation is 2. The van der Waals surface area contributed by atoms with Crippen LogP contribution in [0.2, 0.25) is 0 Å². The van der Waals surface area contributed by atoms with Crippen molar-refractivity contribution in [2.45, 2.75) is 12.8 Å². The third-order valence-electron chi connectivity index (χ3n) is 3.73. The first-order valence-corrected chi connectivity index (χ1v) is 7.11. The molecule has 0 spiro atoms. The molecule has 0 saturated heterocycles. The van der Waals surface area contributed by atoms with E-state index in [9.17, 15) is 4.79 Å². The molecule has 0 fully saturated rings. The van der Waals surface area contributed by atoms with Crippen LogP contribution in [0.3, 0.4) is 0 Å². The first kappa shape index (κ1) is 13.6. The number of hydrogen-bond acceptors (Lipinski definition) is 3. The first-order valence-electron chi connectivity index (χ1n) is 7.11. The van der Waals surface area contributed by atoms with Gasteiger partial charge in [0, 0.05) is 38.5 Å². The SMILES string of the molecule is CN(C)/C=C1\CCc2nn(C)c(-c3ccccc3)c2C1=O. The molecule has 0 radical (unpaired) electrons. The molecule has 0 unspecified atom stereocenters. The summed E-state index contributed by atoms with van der Waals surface area (Å²) in [5, 5.41) is 4.55. The van der Waals surface area contributed by atoms with Crippen molar-refractivity contribution in [1.82, 2.24) is 14.7 Å². The van der Waals surface area contributed by atoms with Crippen molar-refractivity contribution in [2.75, 3.05) is 14.1 Å². The Hall–Kier alpha value is -2.36. The molecule has 1 aliphatic carbocycles. The number of benzene rings is 1. The van der Waals surface area contributed by atoms with Gasteiger partial charge in [-0.2, -0.15) is 5.10 Å². The molecule has 21 heavy (non-hydrogen) atoms. The Kier molecular flexibility index (Phi) is 3.37. The smallest absolute Gasteiger partial charge is 0.194 e. The minimum atomic E-state index is 0.108. The maximum absolute atomic E-state index is 12.8. The maximum atomic E-state index is 12.8. The van der Waals surface area contributed by atoms with Crippen LogP contribution in [0.25, 0.3) is 11.3 Å². The van der Waals surface area contributed by atoms with Crippen LogP contribution in [0.4, 0.5) is 0 Å². The molecule has 4 heteroatoms. The van der Waals surface area contributed by atoms with Crippen LogP contribution in [-0.4, -0.2) is 34.6 Å². The number of aromatic nitrogens is 2. The summed E-state index contributed by atoms with van der Waals surface area (Å²) in [5.74, 6) is 0.108. The summed E-state index contributed by atoms with van der Waals surface area (Å²) in [6.45, 7) is 0. The van der Waals surface area contributed by atoms with Gasteiger partial charge in [-0.05, 0) is 12.8 Å². The van der Waals surface area contributed by atoms with Crippen LogP contribution in [0.15, 0.2) is 42.1 Å². The number of carbonyl (C=O) groups is 1. The zero-order chi connectivity index (χ0) is 15.0. The van der Waals surface area contributed by atoms with Crippen molar-refractivity contribution in [2.24, 2.45) is 7.05 Å². The van der Waals surface area contributed by atoms with E-state index in [0.29, 0.717) is 0 Å². The van der Waals surface area contributed by atoms with E-state index in [1.54, 1.807) is 0 Å². The van der Waals surface area contributed by atoms with Crippen molar-refractivity contribution < 1.29 is 4.79 Å². The predicted molar refractivity (Wildman–Crippen MR) is 83.1 cm³/mol. The zero-order valence-electron chi connectivity index (χ0n) is 12.6. The largest absolute Gasteiger partial charge is 0.383 e. The Morgan fingerprint density at radius 2 is 1.90 bits per heavy atom. The number of Topliss-reactive ketones (excluding diaryl/α,β-unsaturated/α-hetero) is 1. The number of fused-ring (bicyclic) bond motifs is 1. The molecule has 1 aliphatic rings. The highest BCUT2D eigenvalue weighted by Gasteiger charge is 2.29. The number of allylic oxidation sites excluding steroid dienone is 1. The van der Waals surface area contributed by atoms with Crippen molar-refractivity contribution in [3.8, 4) is 11.3 Å².